The number of fused-ring (bicyclic) bond motifs is 1. The van der Waals surface area contributed by atoms with E-state index in [2.05, 4.69) is 4.72 Å². The summed E-state index contributed by atoms with van der Waals surface area (Å²) in [7, 11) is -1.92. The molecule has 1 N–H and O–H groups in total. The number of rotatable bonds is 4. The van der Waals surface area contributed by atoms with Crippen LogP contribution in [0.15, 0.2) is 59.0 Å². The SMILES string of the molecule is CN1C(=O)C(=C2CCCC2)c2cc(S(=O)(=O)NCc3ccccc3)ccc21. The van der Waals surface area contributed by atoms with Gasteiger partial charge in [0.2, 0.25) is 10.0 Å². The van der Waals surface area contributed by atoms with E-state index in [9.17, 15) is 13.2 Å². The van der Waals surface area contributed by atoms with Crippen LogP contribution in [0.5, 0.6) is 0 Å². The van der Waals surface area contributed by atoms with Crippen molar-refractivity contribution in [3.8, 4) is 0 Å². The zero-order chi connectivity index (χ0) is 19.0. The maximum absolute atomic E-state index is 12.8. The zero-order valence-electron chi connectivity index (χ0n) is 15.2. The van der Waals surface area contributed by atoms with Crippen LogP contribution >= 0.6 is 0 Å². The first kappa shape index (κ1) is 17.9. The summed E-state index contributed by atoms with van der Waals surface area (Å²) in [5.41, 5.74) is 4.26. The predicted molar refractivity (Wildman–Crippen MR) is 106 cm³/mol. The fourth-order valence-corrected chi connectivity index (χ4v) is 4.86. The van der Waals surface area contributed by atoms with Gasteiger partial charge in [0.05, 0.1) is 10.6 Å². The summed E-state index contributed by atoms with van der Waals surface area (Å²) in [6.45, 7) is 0.229. The smallest absolute Gasteiger partial charge is 0.258 e. The Balaban J connectivity index is 1.68. The second-order valence-corrected chi connectivity index (χ2v) is 8.81. The molecular formula is C21H22N2O3S. The van der Waals surface area contributed by atoms with Crippen LogP contribution in [0.4, 0.5) is 5.69 Å². The Kier molecular flexibility index (Phi) is 4.61. The summed E-state index contributed by atoms with van der Waals surface area (Å²) in [5.74, 6) is -0.0336. The molecule has 0 atom stereocenters. The highest BCUT2D eigenvalue weighted by atomic mass is 32.2. The van der Waals surface area contributed by atoms with E-state index in [-0.39, 0.29) is 17.3 Å². The first-order chi connectivity index (χ1) is 13.0. The van der Waals surface area contributed by atoms with Gasteiger partial charge in [0, 0.05) is 24.7 Å². The molecular weight excluding hydrogens is 360 g/mol. The summed E-state index contributed by atoms with van der Waals surface area (Å²) < 4.78 is 28.2. The van der Waals surface area contributed by atoms with E-state index in [0.29, 0.717) is 5.57 Å². The molecule has 0 saturated heterocycles. The molecule has 1 amide bonds. The monoisotopic (exact) mass is 382 g/mol. The third kappa shape index (κ3) is 3.31. The van der Waals surface area contributed by atoms with Crippen LogP contribution in [-0.2, 0) is 21.4 Å². The molecule has 1 fully saturated rings. The van der Waals surface area contributed by atoms with Crippen molar-refractivity contribution < 1.29 is 13.2 Å². The molecule has 27 heavy (non-hydrogen) atoms. The van der Waals surface area contributed by atoms with Crippen LogP contribution < -0.4 is 9.62 Å². The Hall–Kier alpha value is -2.44. The molecule has 1 heterocycles. The highest BCUT2D eigenvalue weighted by Crippen LogP contribution is 2.42. The molecule has 2 aromatic rings. The summed E-state index contributed by atoms with van der Waals surface area (Å²) in [4.78, 5) is 14.5. The molecule has 5 nitrogen and oxygen atoms in total. The first-order valence-corrected chi connectivity index (χ1v) is 10.6. The minimum absolute atomic E-state index is 0.0336. The molecule has 0 unspecified atom stereocenters. The normalized spacial score (nSPS) is 16.9. The zero-order valence-corrected chi connectivity index (χ0v) is 16.1. The Morgan fingerprint density at radius 1 is 1.04 bits per heavy atom. The van der Waals surface area contributed by atoms with Crippen LogP contribution in [-0.4, -0.2) is 21.4 Å². The van der Waals surface area contributed by atoms with Gasteiger partial charge in [-0.1, -0.05) is 35.9 Å². The summed E-state index contributed by atoms with van der Waals surface area (Å²) >= 11 is 0. The van der Waals surface area contributed by atoms with Gasteiger partial charge in [-0.25, -0.2) is 13.1 Å². The molecule has 0 bridgehead atoms. The lowest BCUT2D eigenvalue weighted by Crippen LogP contribution is -2.23. The molecule has 6 heteroatoms. The van der Waals surface area contributed by atoms with Crippen molar-refractivity contribution in [1.29, 1.82) is 0 Å². The van der Waals surface area contributed by atoms with Gasteiger partial charge in [-0.15, -0.1) is 0 Å². The van der Waals surface area contributed by atoms with Crippen LogP contribution in [0.3, 0.4) is 0 Å². The number of allylic oxidation sites excluding steroid dienone is 1. The maximum Gasteiger partial charge on any atom is 0.258 e. The highest BCUT2D eigenvalue weighted by molar-refractivity contribution is 7.89. The van der Waals surface area contributed by atoms with E-state index in [0.717, 1.165) is 48.1 Å². The van der Waals surface area contributed by atoms with Crippen molar-refractivity contribution in [3.63, 3.8) is 0 Å². The van der Waals surface area contributed by atoms with E-state index in [4.69, 9.17) is 0 Å². The molecule has 0 aromatic heterocycles. The van der Waals surface area contributed by atoms with Crippen molar-refractivity contribution in [2.24, 2.45) is 0 Å². The fraction of sp³-hybridized carbons (Fsp3) is 0.286. The third-order valence-corrected chi connectivity index (χ3v) is 6.70. The average molecular weight is 382 g/mol. The van der Waals surface area contributed by atoms with Crippen molar-refractivity contribution in [2.45, 2.75) is 37.1 Å². The quantitative estimate of drug-likeness (QED) is 0.824. The topological polar surface area (TPSA) is 66.5 Å². The third-order valence-electron chi connectivity index (χ3n) is 5.30. The lowest BCUT2D eigenvalue weighted by Gasteiger charge is -2.11. The number of anilines is 1. The maximum atomic E-state index is 12.8. The summed E-state index contributed by atoms with van der Waals surface area (Å²) in [5, 5.41) is 0. The number of hydrogen-bond acceptors (Lipinski definition) is 3. The molecule has 2 aromatic carbocycles. The average Bonchev–Trinajstić information content (AvgIpc) is 3.28. The molecule has 1 aliphatic heterocycles. The molecule has 0 spiro atoms. The number of amides is 1. The van der Waals surface area contributed by atoms with Crippen LogP contribution in [0.2, 0.25) is 0 Å². The first-order valence-electron chi connectivity index (χ1n) is 9.15. The van der Waals surface area contributed by atoms with Gasteiger partial charge >= 0.3 is 0 Å². The van der Waals surface area contributed by atoms with Crippen LogP contribution in [0, 0.1) is 0 Å². The van der Waals surface area contributed by atoms with Gasteiger partial charge in [0.1, 0.15) is 0 Å². The van der Waals surface area contributed by atoms with E-state index < -0.39 is 10.0 Å². The second kappa shape index (κ2) is 6.94. The second-order valence-electron chi connectivity index (χ2n) is 7.04. The number of carbonyl (C=O) groups excluding carboxylic acids is 1. The fourth-order valence-electron chi connectivity index (χ4n) is 3.82. The minimum atomic E-state index is -3.66. The van der Waals surface area contributed by atoms with E-state index in [1.165, 1.54) is 0 Å². The van der Waals surface area contributed by atoms with Crippen molar-refractivity contribution in [1.82, 2.24) is 4.72 Å². The number of nitrogens with one attached hydrogen (secondary N) is 1. The lowest BCUT2D eigenvalue weighted by molar-refractivity contribution is -0.112. The lowest BCUT2D eigenvalue weighted by atomic mass is 10.00. The van der Waals surface area contributed by atoms with Crippen molar-refractivity contribution >= 4 is 27.2 Å². The number of benzene rings is 2. The Morgan fingerprint density at radius 2 is 1.74 bits per heavy atom. The molecule has 1 saturated carbocycles. The Labute approximate surface area is 159 Å². The summed E-state index contributed by atoms with van der Waals surface area (Å²) in [6.07, 6.45) is 4.00. The van der Waals surface area contributed by atoms with Gasteiger partial charge in [-0.05, 0) is 49.4 Å². The molecule has 0 radical (unpaired) electrons. The Morgan fingerprint density at radius 3 is 2.44 bits per heavy atom. The van der Waals surface area contributed by atoms with Gasteiger partial charge in [-0.3, -0.25) is 4.79 Å². The van der Waals surface area contributed by atoms with Crippen molar-refractivity contribution in [2.75, 3.05) is 11.9 Å². The highest BCUT2D eigenvalue weighted by Gasteiger charge is 2.34. The Bertz CT molecular complexity index is 1020. The minimum Gasteiger partial charge on any atom is -0.311 e. The van der Waals surface area contributed by atoms with Gasteiger partial charge in [-0.2, -0.15) is 0 Å². The number of sulfonamides is 1. The summed E-state index contributed by atoms with van der Waals surface area (Å²) in [6, 6.07) is 14.3. The van der Waals surface area contributed by atoms with Gasteiger partial charge < -0.3 is 4.90 Å². The number of nitrogens with zero attached hydrogens (tertiary/aromatic N) is 1. The van der Waals surface area contributed by atoms with Crippen LogP contribution in [0.25, 0.3) is 5.57 Å². The van der Waals surface area contributed by atoms with E-state index >= 15 is 0 Å². The molecule has 2 aliphatic rings. The standard InChI is InChI=1S/C21H22N2O3S/c1-23-19-12-11-17(27(25,26)22-14-15-7-3-2-4-8-15)13-18(19)20(21(23)24)16-9-5-6-10-16/h2-4,7-8,11-13,22H,5-6,9-10,14H2,1H3. The molecule has 140 valence electrons. The number of likely N-dealkylation sites (N-methyl/N-ethyl adjacent to an activating group) is 1. The van der Waals surface area contributed by atoms with Gasteiger partial charge in [0.15, 0.2) is 0 Å². The number of hydrogen-bond donors (Lipinski definition) is 1. The predicted octanol–water partition coefficient (Wildman–Crippen LogP) is 3.47. The number of carbonyl (C=O) groups is 1. The largest absolute Gasteiger partial charge is 0.311 e. The van der Waals surface area contributed by atoms with Crippen molar-refractivity contribution in [3.05, 3.63) is 65.2 Å². The molecule has 1 aliphatic carbocycles. The molecule has 4 rings (SSSR count). The van der Waals surface area contributed by atoms with E-state index in [1.54, 1.807) is 30.1 Å². The van der Waals surface area contributed by atoms with Gasteiger partial charge in [0.25, 0.3) is 5.91 Å². The van der Waals surface area contributed by atoms with E-state index in [1.807, 2.05) is 30.3 Å². The van der Waals surface area contributed by atoms with Crippen LogP contribution in [0.1, 0.15) is 36.8 Å².